The van der Waals surface area contributed by atoms with Crippen molar-refractivity contribution in [1.29, 1.82) is 0 Å². The van der Waals surface area contributed by atoms with Gasteiger partial charge in [0.15, 0.2) is 28.5 Å². The number of halogens is 1. The third-order valence-electron chi connectivity index (χ3n) is 4.36. The largest absolute Gasteiger partial charge is 0.504 e. The van der Waals surface area contributed by atoms with E-state index in [9.17, 15) is 9.50 Å². The first-order valence-corrected chi connectivity index (χ1v) is 8.27. The molecule has 0 saturated carbocycles. The highest BCUT2D eigenvalue weighted by Gasteiger charge is 2.22. The summed E-state index contributed by atoms with van der Waals surface area (Å²) in [6, 6.07) is 5.16. The second-order valence-electron chi connectivity index (χ2n) is 5.95. The van der Waals surface area contributed by atoms with E-state index in [4.69, 9.17) is 9.47 Å². The topological polar surface area (TPSA) is 94.3 Å². The highest BCUT2D eigenvalue weighted by Crippen LogP contribution is 2.31. The molecule has 3 aromatic rings. The van der Waals surface area contributed by atoms with Crippen molar-refractivity contribution in [3.05, 3.63) is 36.2 Å². The van der Waals surface area contributed by atoms with Gasteiger partial charge in [-0.2, -0.15) is 14.4 Å². The van der Waals surface area contributed by atoms with Crippen LogP contribution in [0.25, 0.3) is 11.2 Å². The van der Waals surface area contributed by atoms with Gasteiger partial charge in [-0.1, -0.05) is 12.1 Å². The van der Waals surface area contributed by atoms with E-state index < -0.39 is 6.08 Å². The van der Waals surface area contributed by atoms with E-state index >= 15 is 0 Å². The predicted octanol–water partition coefficient (Wildman–Crippen LogP) is 2.60. The highest BCUT2D eigenvalue weighted by atomic mass is 19.1. The standard InChI is InChI=1S/C17H18FN5O3/c1-25-11-5-2-4-10(14(11)24)8-19-15-13-16(22-17(18)21-15)23(9-20-13)12-6-3-7-26-12/h2,4-5,9,12,24H,3,6-8H2,1H3,(H,19,21,22). The van der Waals surface area contributed by atoms with Gasteiger partial charge in [0.1, 0.15) is 6.23 Å². The number of aromatic hydroxyl groups is 1. The lowest BCUT2D eigenvalue weighted by molar-refractivity contribution is 0.0592. The van der Waals surface area contributed by atoms with Crippen LogP contribution in [0, 0.1) is 6.08 Å². The second kappa shape index (κ2) is 6.75. The molecule has 0 amide bonds. The van der Waals surface area contributed by atoms with Crippen molar-refractivity contribution in [2.24, 2.45) is 0 Å². The Labute approximate surface area is 148 Å². The monoisotopic (exact) mass is 359 g/mol. The Morgan fingerprint density at radius 3 is 3.08 bits per heavy atom. The third kappa shape index (κ3) is 2.90. The number of para-hydroxylation sites is 1. The minimum Gasteiger partial charge on any atom is -0.504 e. The van der Waals surface area contributed by atoms with E-state index in [1.54, 1.807) is 29.1 Å². The van der Waals surface area contributed by atoms with Crippen LogP contribution in [0.3, 0.4) is 0 Å². The summed E-state index contributed by atoms with van der Waals surface area (Å²) in [6.45, 7) is 0.888. The van der Waals surface area contributed by atoms with Crippen LogP contribution in [-0.2, 0) is 11.3 Å². The molecule has 0 bridgehead atoms. The molecule has 1 saturated heterocycles. The molecule has 3 heterocycles. The zero-order valence-corrected chi connectivity index (χ0v) is 14.1. The van der Waals surface area contributed by atoms with E-state index in [1.165, 1.54) is 7.11 Å². The fourth-order valence-electron chi connectivity index (χ4n) is 3.06. The quantitative estimate of drug-likeness (QED) is 0.676. The number of anilines is 1. The van der Waals surface area contributed by atoms with E-state index in [0.29, 0.717) is 29.1 Å². The summed E-state index contributed by atoms with van der Waals surface area (Å²) in [6.07, 6.45) is 2.32. The Hall–Kier alpha value is -2.94. The highest BCUT2D eigenvalue weighted by molar-refractivity contribution is 5.82. The van der Waals surface area contributed by atoms with E-state index in [-0.39, 0.29) is 24.3 Å². The number of hydrogen-bond acceptors (Lipinski definition) is 7. The van der Waals surface area contributed by atoms with Crippen LogP contribution in [0.4, 0.5) is 10.2 Å². The van der Waals surface area contributed by atoms with Gasteiger partial charge >= 0.3 is 6.08 Å². The fraction of sp³-hybridized carbons (Fsp3) is 0.353. The first-order chi connectivity index (χ1) is 12.7. The van der Waals surface area contributed by atoms with Gasteiger partial charge in [0.05, 0.1) is 13.4 Å². The maximum atomic E-state index is 14.0. The Balaban J connectivity index is 1.64. The number of ether oxygens (including phenoxy) is 2. The van der Waals surface area contributed by atoms with Gasteiger partial charge in [-0.05, 0) is 18.9 Å². The first-order valence-electron chi connectivity index (χ1n) is 8.27. The van der Waals surface area contributed by atoms with Crippen LogP contribution >= 0.6 is 0 Å². The number of nitrogens with zero attached hydrogens (tertiary/aromatic N) is 4. The Morgan fingerprint density at radius 1 is 1.42 bits per heavy atom. The molecule has 2 aromatic heterocycles. The van der Waals surface area contributed by atoms with Crippen LogP contribution in [0.1, 0.15) is 24.6 Å². The van der Waals surface area contributed by atoms with Gasteiger partial charge in [0.2, 0.25) is 0 Å². The normalized spacial score (nSPS) is 16.9. The molecule has 4 rings (SSSR count). The van der Waals surface area contributed by atoms with Crippen LogP contribution in [0.15, 0.2) is 24.5 Å². The lowest BCUT2D eigenvalue weighted by Crippen LogP contribution is -2.09. The molecular formula is C17H18FN5O3. The average Bonchev–Trinajstić information content (AvgIpc) is 3.29. The van der Waals surface area contributed by atoms with Gasteiger partial charge in [-0.25, -0.2) is 4.98 Å². The van der Waals surface area contributed by atoms with Crippen molar-refractivity contribution >= 4 is 17.0 Å². The van der Waals surface area contributed by atoms with Crippen molar-refractivity contribution < 1.29 is 19.0 Å². The minimum absolute atomic E-state index is 0.0261. The first kappa shape index (κ1) is 16.5. The van der Waals surface area contributed by atoms with Crippen molar-refractivity contribution in [2.45, 2.75) is 25.6 Å². The number of phenolic OH excluding ortho intramolecular Hbond substituents is 1. The van der Waals surface area contributed by atoms with Gasteiger partial charge < -0.3 is 19.9 Å². The van der Waals surface area contributed by atoms with E-state index in [2.05, 4.69) is 20.3 Å². The third-order valence-corrected chi connectivity index (χ3v) is 4.36. The zero-order chi connectivity index (χ0) is 18.1. The predicted molar refractivity (Wildman–Crippen MR) is 91.5 cm³/mol. The van der Waals surface area contributed by atoms with Crippen LogP contribution in [-0.4, -0.2) is 38.3 Å². The second-order valence-corrected chi connectivity index (χ2v) is 5.95. The zero-order valence-electron chi connectivity index (χ0n) is 14.1. The van der Waals surface area contributed by atoms with Crippen molar-refractivity contribution in [3.8, 4) is 11.5 Å². The molecule has 0 spiro atoms. The summed E-state index contributed by atoms with van der Waals surface area (Å²) >= 11 is 0. The number of hydrogen-bond donors (Lipinski definition) is 2. The van der Waals surface area contributed by atoms with E-state index in [1.807, 2.05) is 0 Å². The average molecular weight is 359 g/mol. The van der Waals surface area contributed by atoms with Gasteiger partial charge in [-0.3, -0.25) is 4.57 Å². The van der Waals surface area contributed by atoms with Gasteiger partial charge in [0, 0.05) is 18.7 Å². The van der Waals surface area contributed by atoms with Crippen LogP contribution in [0.5, 0.6) is 11.5 Å². The minimum atomic E-state index is -0.852. The fourth-order valence-corrected chi connectivity index (χ4v) is 3.06. The molecule has 0 radical (unpaired) electrons. The maximum Gasteiger partial charge on any atom is 0.312 e. The molecule has 0 aliphatic carbocycles. The molecule has 1 atom stereocenters. The SMILES string of the molecule is COc1cccc(CNc2nc(F)nc3c2ncn3C2CCCO2)c1O. The molecule has 1 fully saturated rings. The van der Waals surface area contributed by atoms with Crippen molar-refractivity contribution in [1.82, 2.24) is 19.5 Å². The number of methoxy groups -OCH3 is 1. The number of fused-ring (bicyclic) bond motifs is 1. The number of rotatable bonds is 5. The number of imidazole rings is 1. The molecule has 1 aliphatic rings. The lowest BCUT2D eigenvalue weighted by Gasteiger charge is -2.12. The lowest BCUT2D eigenvalue weighted by atomic mass is 10.2. The number of aromatic nitrogens is 4. The van der Waals surface area contributed by atoms with Crippen LogP contribution < -0.4 is 10.1 Å². The van der Waals surface area contributed by atoms with Gasteiger partial charge in [0.25, 0.3) is 0 Å². The number of phenols is 1. The molecule has 1 aromatic carbocycles. The molecule has 26 heavy (non-hydrogen) atoms. The Kier molecular flexibility index (Phi) is 4.29. The molecule has 2 N–H and O–H groups in total. The molecule has 1 unspecified atom stereocenters. The smallest absolute Gasteiger partial charge is 0.312 e. The summed E-state index contributed by atoms with van der Waals surface area (Å²) in [7, 11) is 1.48. The number of nitrogens with one attached hydrogen (secondary N) is 1. The molecule has 8 nitrogen and oxygen atoms in total. The molecule has 1 aliphatic heterocycles. The maximum absolute atomic E-state index is 14.0. The van der Waals surface area contributed by atoms with Crippen molar-refractivity contribution in [3.63, 3.8) is 0 Å². The molecule has 136 valence electrons. The van der Waals surface area contributed by atoms with Crippen LogP contribution in [0.2, 0.25) is 0 Å². The molecular weight excluding hydrogens is 341 g/mol. The Bertz CT molecular complexity index is 940. The summed E-state index contributed by atoms with van der Waals surface area (Å²) in [5.41, 5.74) is 1.42. The summed E-state index contributed by atoms with van der Waals surface area (Å²) in [5.74, 6) is 0.649. The van der Waals surface area contributed by atoms with Gasteiger partial charge in [-0.15, -0.1) is 0 Å². The molecule has 9 heteroatoms. The summed E-state index contributed by atoms with van der Waals surface area (Å²) in [5, 5.41) is 13.2. The van der Waals surface area contributed by atoms with E-state index in [0.717, 1.165) is 12.8 Å². The van der Waals surface area contributed by atoms with Crippen molar-refractivity contribution in [2.75, 3.05) is 19.0 Å². The summed E-state index contributed by atoms with van der Waals surface area (Å²) in [4.78, 5) is 12.0. The summed E-state index contributed by atoms with van der Waals surface area (Å²) < 4.78 is 26.4. The number of benzene rings is 1. The Morgan fingerprint density at radius 2 is 2.31 bits per heavy atom.